The fourth-order valence-electron chi connectivity index (χ4n) is 3.21. The van der Waals surface area contributed by atoms with Gasteiger partial charge in [0, 0.05) is 17.3 Å². The van der Waals surface area contributed by atoms with Gasteiger partial charge < -0.3 is 14.8 Å². The quantitative estimate of drug-likeness (QED) is 0.769. The first kappa shape index (κ1) is 18.2. The molecule has 2 aromatic carbocycles. The van der Waals surface area contributed by atoms with Gasteiger partial charge in [-0.2, -0.15) is 0 Å². The lowest BCUT2D eigenvalue weighted by molar-refractivity contribution is -0.117. The second-order valence-electron chi connectivity index (χ2n) is 6.55. The first-order valence-electron chi connectivity index (χ1n) is 8.63. The normalized spacial score (nSPS) is 19.2. The molecule has 1 heterocycles. The highest BCUT2D eigenvalue weighted by atomic mass is 16.5. The zero-order valence-electron chi connectivity index (χ0n) is 15.6. The van der Waals surface area contributed by atoms with Crippen molar-refractivity contribution in [3.05, 3.63) is 53.1 Å². The molecule has 2 aromatic rings. The fraction of sp³-hybridized carbons (Fsp3) is 0.350. The van der Waals surface area contributed by atoms with Crippen LogP contribution in [0.2, 0.25) is 0 Å². The van der Waals surface area contributed by atoms with Crippen molar-refractivity contribution >= 4 is 11.6 Å². The third-order valence-electron chi connectivity index (χ3n) is 4.68. The molecule has 0 aromatic heterocycles. The molecule has 3 rings (SSSR count). The van der Waals surface area contributed by atoms with Gasteiger partial charge in [-0.25, -0.2) is 10.9 Å². The van der Waals surface area contributed by atoms with E-state index in [1.807, 2.05) is 44.2 Å². The summed E-state index contributed by atoms with van der Waals surface area (Å²) < 4.78 is 10.7. The summed E-state index contributed by atoms with van der Waals surface area (Å²) in [6.07, 6.45) is 0.624. The molecule has 1 amide bonds. The Bertz CT molecular complexity index is 807. The van der Waals surface area contributed by atoms with Crippen LogP contribution in [0.25, 0.3) is 0 Å². The molecule has 1 aliphatic heterocycles. The number of ether oxygens (including phenoxy) is 2. The summed E-state index contributed by atoms with van der Waals surface area (Å²) in [4.78, 5) is 12.6. The Morgan fingerprint density at radius 1 is 1.08 bits per heavy atom. The Morgan fingerprint density at radius 2 is 1.88 bits per heavy atom. The molecule has 1 aliphatic rings. The van der Waals surface area contributed by atoms with Crippen molar-refractivity contribution in [2.75, 3.05) is 19.5 Å². The number of nitrogens with one attached hydrogen (secondary N) is 3. The van der Waals surface area contributed by atoms with Crippen LogP contribution >= 0.6 is 0 Å². The number of hydrogen-bond donors (Lipinski definition) is 3. The Kier molecular flexibility index (Phi) is 5.44. The Morgan fingerprint density at radius 3 is 2.58 bits per heavy atom. The molecule has 3 N–H and O–H groups in total. The van der Waals surface area contributed by atoms with E-state index in [2.05, 4.69) is 22.2 Å². The minimum Gasteiger partial charge on any atom is -0.497 e. The molecule has 26 heavy (non-hydrogen) atoms. The van der Waals surface area contributed by atoms with Gasteiger partial charge in [0.1, 0.15) is 17.5 Å². The van der Waals surface area contributed by atoms with Gasteiger partial charge in [0.15, 0.2) is 0 Å². The number of rotatable bonds is 5. The van der Waals surface area contributed by atoms with Crippen LogP contribution in [0.1, 0.15) is 29.2 Å². The maximum absolute atomic E-state index is 12.6. The topological polar surface area (TPSA) is 71.6 Å². The van der Waals surface area contributed by atoms with Crippen molar-refractivity contribution in [2.45, 2.75) is 32.4 Å². The van der Waals surface area contributed by atoms with Crippen molar-refractivity contribution in [3.63, 3.8) is 0 Å². The molecule has 0 bridgehead atoms. The lowest BCUT2D eigenvalue weighted by atomic mass is 10.0. The second-order valence-corrected chi connectivity index (χ2v) is 6.55. The summed E-state index contributed by atoms with van der Waals surface area (Å²) in [5, 5.41) is 3.01. The molecule has 1 fully saturated rings. The maximum Gasteiger partial charge on any atom is 0.242 e. The third-order valence-corrected chi connectivity index (χ3v) is 4.68. The summed E-state index contributed by atoms with van der Waals surface area (Å²) in [6.45, 7) is 4.03. The van der Waals surface area contributed by atoms with Crippen LogP contribution in [0.15, 0.2) is 36.4 Å². The van der Waals surface area contributed by atoms with E-state index >= 15 is 0 Å². The molecule has 0 spiro atoms. The maximum atomic E-state index is 12.6. The Labute approximate surface area is 153 Å². The molecule has 6 heteroatoms. The number of benzene rings is 2. The molecule has 1 saturated heterocycles. The van der Waals surface area contributed by atoms with Gasteiger partial charge in [-0.15, -0.1) is 0 Å². The van der Waals surface area contributed by atoms with E-state index in [9.17, 15) is 4.79 Å². The largest absolute Gasteiger partial charge is 0.497 e. The SMILES string of the molecule is COc1ccc(C2CC(C(=O)Nc3ccc(C)cc3C)NN2)c(OC)c1. The van der Waals surface area contributed by atoms with Crippen LogP contribution in [0.3, 0.4) is 0 Å². The summed E-state index contributed by atoms with van der Waals surface area (Å²) >= 11 is 0. The fourth-order valence-corrected chi connectivity index (χ4v) is 3.21. The van der Waals surface area contributed by atoms with Gasteiger partial charge in [0.25, 0.3) is 0 Å². The van der Waals surface area contributed by atoms with Crippen molar-refractivity contribution in [1.29, 1.82) is 0 Å². The molecule has 2 atom stereocenters. The van der Waals surface area contributed by atoms with Crippen molar-refractivity contribution < 1.29 is 14.3 Å². The van der Waals surface area contributed by atoms with E-state index in [4.69, 9.17) is 9.47 Å². The van der Waals surface area contributed by atoms with Crippen LogP contribution in [0.5, 0.6) is 11.5 Å². The van der Waals surface area contributed by atoms with Gasteiger partial charge >= 0.3 is 0 Å². The van der Waals surface area contributed by atoms with Crippen molar-refractivity contribution in [3.8, 4) is 11.5 Å². The van der Waals surface area contributed by atoms with Crippen LogP contribution in [-0.4, -0.2) is 26.2 Å². The highest BCUT2D eigenvalue weighted by molar-refractivity contribution is 5.95. The first-order valence-corrected chi connectivity index (χ1v) is 8.63. The van der Waals surface area contributed by atoms with Gasteiger partial charge in [0.05, 0.1) is 20.3 Å². The summed E-state index contributed by atoms with van der Waals surface area (Å²) in [6, 6.07) is 11.3. The highest BCUT2D eigenvalue weighted by Gasteiger charge is 2.32. The molecule has 0 aliphatic carbocycles. The van der Waals surface area contributed by atoms with Crippen LogP contribution in [0, 0.1) is 13.8 Å². The molecule has 138 valence electrons. The number of methoxy groups -OCH3 is 2. The summed E-state index contributed by atoms with van der Waals surface area (Å²) in [7, 11) is 3.25. The molecular formula is C20H25N3O3. The lowest BCUT2D eigenvalue weighted by Crippen LogP contribution is -2.39. The highest BCUT2D eigenvalue weighted by Crippen LogP contribution is 2.33. The number of carbonyl (C=O) groups excluding carboxylic acids is 1. The molecule has 2 unspecified atom stereocenters. The predicted molar refractivity (Wildman–Crippen MR) is 102 cm³/mol. The van der Waals surface area contributed by atoms with Crippen LogP contribution in [-0.2, 0) is 4.79 Å². The summed E-state index contributed by atoms with van der Waals surface area (Å²) in [5.74, 6) is 1.42. The zero-order chi connectivity index (χ0) is 18.7. The number of carbonyl (C=O) groups is 1. The number of aryl methyl sites for hydroxylation is 2. The van der Waals surface area contributed by atoms with Gasteiger partial charge in [-0.1, -0.05) is 23.8 Å². The van der Waals surface area contributed by atoms with Gasteiger partial charge in [-0.05, 0) is 38.0 Å². The minimum atomic E-state index is -0.326. The van der Waals surface area contributed by atoms with E-state index in [0.29, 0.717) is 6.42 Å². The van der Waals surface area contributed by atoms with E-state index < -0.39 is 0 Å². The summed E-state index contributed by atoms with van der Waals surface area (Å²) in [5.41, 5.74) is 10.3. The van der Waals surface area contributed by atoms with Crippen LogP contribution in [0.4, 0.5) is 5.69 Å². The first-order chi connectivity index (χ1) is 12.5. The van der Waals surface area contributed by atoms with E-state index in [0.717, 1.165) is 28.3 Å². The predicted octanol–water partition coefficient (Wildman–Crippen LogP) is 2.87. The Balaban J connectivity index is 1.69. The number of hydrazine groups is 1. The standard InChI is InChI=1S/C20H25N3O3/c1-12-5-8-16(13(2)9-12)21-20(24)18-11-17(22-23-18)15-7-6-14(25-3)10-19(15)26-4/h5-10,17-18,22-23H,11H2,1-4H3,(H,21,24). The van der Waals surface area contributed by atoms with Gasteiger partial charge in [-0.3, -0.25) is 4.79 Å². The molecule has 0 saturated carbocycles. The zero-order valence-corrected chi connectivity index (χ0v) is 15.6. The van der Waals surface area contributed by atoms with E-state index in [-0.39, 0.29) is 18.0 Å². The Hall–Kier alpha value is -2.57. The molecular weight excluding hydrogens is 330 g/mol. The van der Waals surface area contributed by atoms with E-state index in [1.165, 1.54) is 5.56 Å². The minimum absolute atomic E-state index is 0.0225. The lowest BCUT2D eigenvalue weighted by Gasteiger charge is -2.15. The van der Waals surface area contributed by atoms with Crippen molar-refractivity contribution in [2.24, 2.45) is 0 Å². The van der Waals surface area contributed by atoms with Crippen molar-refractivity contribution in [1.82, 2.24) is 10.9 Å². The van der Waals surface area contributed by atoms with Crippen LogP contribution < -0.4 is 25.6 Å². The number of anilines is 1. The molecule has 6 nitrogen and oxygen atoms in total. The monoisotopic (exact) mass is 355 g/mol. The smallest absolute Gasteiger partial charge is 0.242 e. The van der Waals surface area contributed by atoms with E-state index in [1.54, 1.807) is 14.2 Å². The molecule has 0 radical (unpaired) electrons. The number of hydrogen-bond acceptors (Lipinski definition) is 5. The second kappa shape index (κ2) is 7.76. The average molecular weight is 355 g/mol. The van der Waals surface area contributed by atoms with Gasteiger partial charge in [0.2, 0.25) is 5.91 Å². The number of amides is 1. The third kappa shape index (κ3) is 3.81. The average Bonchev–Trinajstić information content (AvgIpc) is 3.13.